The third kappa shape index (κ3) is 3.26. The first-order valence-corrected chi connectivity index (χ1v) is 5.97. The highest BCUT2D eigenvalue weighted by Crippen LogP contribution is 2.21. The molecule has 15 heavy (non-hydrogen) atoms. The Morgan fingerprint density at radius 1 is 1.40 bits per heavy atom. The first-order valence-electron chi connectivity index (χ1n) is 5.97. The van der Waals surface area contributed by atoms with Crippen LogP contribution in [0.3, 0.4) is 0 Å². The smallest absolute Gasteiger partial charge is 0.0425 e. The maximum atomic E-state index is 2.37. The fraction of sp³-hybridized carbons (Fsp3) is 0.571. The molecule has 0 N–H and O–H groups in total. The van der Waals surface area contributed by atoms with Crippen molar-refractivity contribution in [3.05, 3.63) is 35.1 Å². The van der Waals surface area contributed by atoms with E-state index in [-0.39, 0.29) is 0 Å². The van der Waals surface area contributed by atoms with Crippen molar-refractivity contribution in [3.63, 3.8) is 0 Å². The zero-order chi connectivity index (χ0) is 11.3. The average Bonchev–Trinajstić information content (AvgIpc) is 2.21. The second-order valence-electron chi connectivity index (χ2n) is 4.25. The molecule has 0 amide bonds. The van der Waals surface area contributed by atoms with Crippen molar-refractivity contribution in [1.82, 2.24) is 4.90 Å². The molecule has 84 valence electrons. The summed E-state index contributed by atoms with van der Waals surface area (Å²) in [6, 6.07) is 0. The number of nitrogens with zero attached hydrogens (tertiary/aromatic N) is 1. The molecule has 0 unspecified atom stereocenters. The van der Waals surface area contributed by atoms with Gasteiger partial charge in [-0.1, -0.05) is 38.0 Å². The molecule has 0 atom stereocenters. The van der Waals surface area contributed by atoms with E-state index in [1.807, 2.05) is 0 Å². The van der Waals surface area contributed by atoms with Crippen LogP contribution in [0.5, 0.6) is 0 Å². The summed E-state index contributed by atoms with van der Waals surface area (Å²) in [5, 5.41) is 0. The summed E-state index contributed by atoms with van der Waals surface area (Å²) in [6.45, 7) is 7.70. The Balaban J connectivity index is 2.76. The SMILES string of the molecule is CC/C=C(/C)C1=CC=C(CCC)N(C)C1. The van der Waals surface area contributed by atoms with Crippen molar-refractivity contribution in [2.75, 3.05) is 13.6 Å². The quantitative estimate of drug-likeness (QED) is 0.673. The van der Waals surface area contributed by atoms with Crippen LogP contribution in [0.15, 0.2) is 35.1 Å². The molecular weight excluding hydrogens is 182 g/mol. The predicted molar refractivity (Wildman–Crippen MR) is 67.8 cm³/mol. The van der Waals surface area contributed by atoms with E-state index in [1.54, 1.807) is 0 Å². The summed E-state index contributed by atoms with van der Waals surface area (Å²) >= 11 is 0. The minimum Gasteiger partial charge on any atom is -0.374 e. The van der Waals surface area contributed by atoms with Gasteiger partial charge in [-0.15, -0.1) is 0 Å². The fourth-order valence-corrected chi connectivity index (χ4v) is 1.96. The minimum absolute atomic E-state index is 1.06. The largest absolute Gasteiger partial charge is 0.374 e. The van der Waals surface area contributed by atoms with E-state index < -0.39 is 0 Å². The molecule has 0 aliphatic carbocycles. The van der Waals surface area contributed by atoms with Crippen molar-refractivity contribution >= 4 is 0 Å². The van der Waals surface area contributed by atoms with Gasteiger partial charge in [0.15, 0.2) is 0 Å². The van der Waals surface area contributed by atoms with Gasteiger partial charge in [0.1, 0.15) is 0 Å². The molecule has 0 radical (unpaired) electrons. The average molecular weight is 205 g/mol. The fourth-order valence-electron chi connectivity index (χ4n) is 1.96. The molecule has 0 saturated heterocycles. The molecule has 1 aliphatic heterocycles. The molecule has 0 aromatic heterocycles. The van der Waals surface area contributed by atoms with Gasteiger partial charge in [-0.05, 0) is 31.4 Å². The lowest BCUT2D eigenvalue weighted by molar-refractivity contribution is 0.428. The number of allylic oxidation sites excluding steroid dienone is 4. The van der Waals surface area contributed by atoms with Crippen molar-refractivity contribution in [2.24, 2.45) is 0 Å². The zero-order valence-corrected chi connectivity index (χ0v) is 10.5. The molecule has 0 fully saturated rings. The first kappa shape index (κ1) is 12.1. The number of hydrogen-bond donors (Lipinski definition) is 0. The van der Waals surface area contributed by atoms with Gasteiger partial charge in [-0.3, -0.25) is 0 Å². The molecule has 1 nitrogen and oxygen atoms in total. The topological polar surface area (TPSA) is 3.24 Å². The highest BCUT2D eigenvalue weighted by molar-refractivity contribution is 5.37. The lowest BCUT2D eigenvalue weighted by Gasteiger charge is -2.27. The first-order chi connectivity index (χ1) is 7.19. The van der Waals surface area contributed by atoms with Gasteiger partial charge in [-0.25, -0.2) is 0 Å². The molecule has 1 rings (SSSR count). The van der Waals surface area contributed by atoms with E-state index in [0.717, 1.165) is 13.0 Å². The second-order valence-corrected chi connectivity index (χ2v) is 4.25. The minimum atomic E-state index is 1.06. The summed E-state index contributed by atoms with van der Waals surface area (Å²) in [5.74, 6) is 0. The van der Waals surface area contributed by atoms with E-state index in [9.17, 15) is 0 Å². The Labute approximate surface area is 94.2 Å². The van der Waals surface area contributed by atoms with Crippen molar-refractivity contribution in [1.29, 1.82) is 0 Å². The Hall–Kier alpha value is -0.980. The monoisotopic (exact) mass is 205 g/mol. The summed E-state index contributed by atoms with van der Waals surface area (Å²) in [7, 11) is 2.19. The maximum Gasteiger partial charge on any atom is 0.0425 e. The van der Waals surface area contributed by atoms with Crippen molar-refractivity contribution in [2.45, 2.75) is 40.0 Å². The van der Waals surface area contributed by atoms with Crippen LogP contribution in [-0.4, -0.2) is 18.5 Å². The maximum absolute atomic E-state index is 2.37. The van der Waals surface area contributed by atoms with Crippen LogP contribution >= 0.6 is 0 Å². The second kappa shape index (κ2) is 5.79. The third-order valence-corrected chi connectivity index (χ3v) is 2.90. The van der Waals surface area contributed by atoms with E-state index >= 15 is 0 Å². The van der Waals surface area contributed by atoms with Crippen LogP contribution in [0, 0.1) is 0 Å². The Morgan fingerprint density at radius 3 is 2.67 bits per heavy atom. The van der Waals surface area contributed by atoms with Gasteiger partial charge in [-0.2, -0.15) is 0 Å². The lowest BCUT2D eigenvalue weighted by Crippen LogP contribution is -2.23. The van der Waals surface area contributed by atoms with Crippen LogP contribution in [0.1, 0.15) is 40.0 Å². The van der Waals surface area contributed by atoms with Gasteiger partial charge >= 0.3 is 0 Å². The van der Waals surface area contributed by atoms with Gasteiger partial charge < -0.3 is 4.90 Å². The highest BCUT2D eigenvalue weighted by Gasteiger charge is 2.11. The number of hydrogen-bond acceptors (Lipinski definition) is 1. The van der Waals surface area contributed by atoms with Crippen LogP contribution in [0.4, 0.5) is 0 Å². The normalized spacial score (nSPS) is 17.6. The van der Waals surface area contributed by atoms with Gasteiger partial charge in [0.25, 0.3) is 0 Å². The van der Waals surface area contributed by atoms with Gasteiger partial charge in [0, 0.05) is 19.3 Å². The van der Waals surface area contributed by atoms with Gasteiger partial charge in [0.05, 0.1) is 0 Å². The number of likely N-dealkylation sites (N-methyl/N-ethyl adjacent to an activating group) is 1. The summed E-state index contributed by atoms with van der Waals surface area (Å²) in [4.78, 5) is 2.37. The van der Waals surface area contributed by atoms with Gasteiger partial charge in [0.2, 0.25) is 0 Å². The van der Waals surface area contributed by atoms with Crippen molar-refractivity contribution < 1.29 is 0 Å². The summed E-state index contributed by atoms with van der Waals surface area (Å²) in [6.07, 6.45) is 10.4. The molecule has 0 aromatic carbocycles. The third-order valence-electron chi connectivity index (χ3n) is 2.90. The molecule has 0 saturated carbocycles. The molecule has 1 heteroatoms. The van der Waals surface area contributed by atoms with E-state index in [1.165, 1.54) is 29.7 Å². The molecule has 1 aliphatic rings. The highest BCUT2D eigenvalue weighted by atomic mass is 15.1. The molecule has 0 spiro atoms. The Bertz CT molecular complexity index is 294. The van der Waals surface area contributed by atoms with Crippen LogP contribution in [-0.2, 0) is 0 Å². The summed E-state index contributed by atoms with van der Waals surface area (Å²) in [5.41, 5.74) is 4.35. The van der Waals surface area contributed by atoms with Crippen LogP contribution in [0.2, 0.25) is 0 Å². The Kier molecular flexibility index (Phi) is 4.67. The zero-order valence-electron chi connectivity index (χ0n) is 10.5. The molecule has 0 bridgehead atoms. The van der Waals surface area contributed by atoms with E-state index in [4.69, 9.17) is 0 Å². The standard InChI is InChI=1S/C14H23N/c1-5-7-12(3)13-9-10-14(8-6-2)15(4)11-13/h7,9-10H,5-6,8,11H2,1-4H3/b12-7-. The van der Waals surface area contributed by atoms with Crippen LogP contribution < -0.4 is 0 Å². The lowest BCUT2D eigenvalue weighted by atomic mass is 10.0. The molecule has 0 aromatic rings. The summed E-state index contributed by atoms with van der Waals surface area (Å²) < 4.78 is 0. The van der Waals surface area contributed by atoms with E-state index in [0.29, 0.717) is 0 Å². The molecular formula is C14H23N. The molecule has 1 heterocycles. The van der Waals surface area contributed by atoms with E-state index in [2.05, 4.69) is 50.9 Å². The Morgan fingerprint density at radius 2 is 2.13 bits per heavy atom. The number of rotatable bonds is 4. The predicted octanol–water partition coefficient (Wildman–Crippen LogP) is 3.90. The van der Waals surface area contributed by atoms with Crippen molar-refractivity contribution in [3.8, 4) is 0 Å². The van der Waals surface area contributed by atoms with Crippen LogP contribution in [0.25, 0.3) is 0 Å².